The van der Waals surface area contributed by atoms with Crippen LogP contribution in [0.4, 0.5) is 0 Å². The Labute approximate surface area is 105 Å². The number of hydrogen-bond donors (Lipinski definition) is 1. The van der Waals surface area contributed by atoms with Crippen LogP contribution in [0.5, 0.6) is 0 Å². The van der Waals surface area contributed by atoms with E-state index in [9.17, 15) is 9.59 Å². The van der Waals surface area contributed by atoms with Gasteiger partial charge in [0.15, 0.2) is 0 Å². The van der Waals surface area contributed by atoms with Crippen molar-refractivity contribution in [1.82, 2.24) is 9.88 Å². The van der Waals surface area contributed by atoms with Gasteiger partial charge in [0.1, 0.15) is 0 Å². The molecule has 1 aliphatic carbocycles. The molecular formula is C13H16N2O3. The summed E-state index contributed by atoms with van der Waals surface area (Å²) in [5, 5.41) is 8.78. The van der Waals surface area contributed by atoms with Crippen LogP contribution in [0.25, 0.3) is 0 Å². The Morgan fingerprint density at radius 2 is 2.22 bits per heavy atom. The molecule has 1 N–H and O–H groups in total. The molecule has 1 saturated carbocycles. The van der Waals surface area contributed by atoms with Crippen molar-refractivity contribution < 1.29 is 14.7 Å². The van der Waals surface area contributed by atoms with Gasteiger partial charge >= 0.3 is 5.97 Å². The molecule has 18 heavy (non-hydrogen) atoms. The lowest BCUT2D eigenvalue weighted by atomic mass is 10.2. The van der Waals surface area contributed by atoms with Crippen molar-refractivity contribution >= 4 is 11.9 Å². The summed E-state index contributed by atoms with van der Waals surface area (Å²) in [5.41, 5.74) is 0.933. The SMILES string of the molecule is CN(CCc1ccccn1)C(=O)C1CC1C(=O)O. The molecule has 1 aromatic rings. The van der Waals surface area contributed by atoms with E-state index in [2.05, 4.69) is 4.98 Å². The summed E-state index contributed by atoms with van der Waals surface area (Å²) >= 11 is 0. The summed E-state index contributed by atoms with van der Waals surface area (Å²) in [6.07, 6.45) is 2.88. The molecule has 2 unspecified atom stereocenters. The van der Waals surface area contributed by atoms with E-state index in [1.807, 2.05) is 18.2 Å². The van der Waals surface area contributed by atoms with E-state index in [4.69, 9.17) is 5.11 Å². The van der Waals surface area contributed by atoms with E-state index in [0.29, 0.717) is 19.4 Å². The molecular weight excluding hydrogens is 232 g/mol. The summed E-state index contributed by atoms with van der Waals surface area (Å²) < 4.78 is 0. The zero-order chi connectivity index (χ0) is 13.1. The number of amides is 1. The van der Waals surface area contributed by atoms with Crippen molar-refractivity contribution in [3.63, 3.8) is 0 Å². The van der Waals surface area contributed by atoms with Crippen LogP contribution in [0.3, 0.4) is 0 Å². The Bertz CT molecular complexity index is 447. The predicted molar refractivity (Wildman–Crippen MR) is 64.8 cm³/mol. The third-order valence-corrected chi connectivity index (χ3v) is 3.23. The minimum atomic E-state index is -0.869. The molecule has 2 atom stereocenters. The van der Waals surface area contributed by atoms with Crippen molar-refractivity contribution in [1.29, 1.82) is 0 Å². The van der Waals surface area contributed by atoms with Crippen LogP contribution in [0.1, 0.15) is 12.1 Å². The first-order chi connectivity index (χ1) is 8.59. The van der Waals surface area contributed by atoms with E-state index in [1.54, 1.807) is 18.1 Å². The van der Waals surface area contributed by atoms with Crippen LogP contribution in [0, 0.1) is 11.8 Å². The summed E-state index contributed by atoms with van der Waals surface area (Å²) in [6.45, 7) is 0.568. The fraction of sp³-hybridized carbons (Fsp3) is 0.462. The summed E-state index contributed by atoms with van der Waals surface area (Å²) in [7, 11) is 1.71. The molecule has 1 aromatic heterocycles. The maximum Gasteiger partial charge on any atom is 0.307 e. The van der Waals surface area contributed by atoms with Gasteiger partial charge in [-0.3, -0.25) is 14.6 Å². The molecule has 5 nitrogen and oxygen atoms in total. The van der Waals surface area contributed by atoms with Crippen LogP contribution < -0.4 is 0 Å². The Hall–Kier alpha value is -1.91. The number of carbonyl (C=O) groups excluding carboxylic acids is 1. The Balaban J connectivity index is 1.80. The lowest BCUT2D eigenvalue weighted by Crippen LogP contribution is -2.31. The van der Waals surface area contributed by atoms with E-state index >= 15 is 0 Å². The van der Waals surface area contributed by atoms with E-state index in [1.165, 1.54) is 0 Å². The monoisotopic (exact) mass is 248 g/mol. The summed E-state index contributed by atoms with van der Waals surface area (Å²) in [4.78, 5) is 28.4. The number of likely N-dealkylation sites (N-methyl/N-ethyl adjacent to an activating group) is 1. The Kier molecular flexibility index (Phi) is 3.60. The first kappa shape index (κ1) is 12.5. The fourth-order valence-electron chi connectivity index (χ4n) is 1.96. The summed E-state index contributed by atoms with van der Waals surface area (Å²) in [5.74, 6) is -1.74. The highest BCUT2D eigenvalue weighted by Crippen LogP contribution is 2.39. The van der Waals surface area contributed by atoms with Gasteiger partial charge in [-0.2, -0.15) is 0 Å². The van der Waals surface area contributed by atoms with Gasteiger partial charge in [0, 0.05) is 31.9 Å². The molecule has 1 aliphatic rings. The zero-order valence-corrected chi connectivity index (χ0v) is 10.2. The number of pyridine rings is 1. The lowest BCUT2D eigenvalue weighted by molar-refractivity contribution is -0.141. The standard InChI is InChI=1S/C13H16N2O3/c1-15(7-5-9-4-2-3-6-14-9)12(16)10-8-11(10)13(17)18/h2-4,6,10-11H,5,7-8H2,1H3,(H,17,18). The Morgan fingerprint density at radius 1 is 1.44 bits per heavy atom. The van der Waals surface area contributed by atoms with Gasteiger partial charge in [-0.1, -0.05) is 6.07 Å². The summed E-state index contributed by atoms with van der Waals surface area (Å²) in [6, 6.07) is 5.67. The molecule has 2 rings (SSSR count). The van der Waals surface area contributed by atoms with E-state index in [0.717, 1.165) is 5.69 Å². The van der Waals surface area contributed by atoms with Gasteiger partial charge in [0.2, 0.25) is 5.91 Å². The maximum atomic E-state index is 11.9. The molecule has 0 bridgehead atoms. The molecule has 1 amide bonds. The van der Waals surface area contributed by atoms with Gasteiger partial charge < -0.3 is 10.0 Å². The Morgan fingerprint density at radius 3 is 2.78 bits per heavy atom. The average molecular weight is 248 g/mol. The highest BCUT2D eigenvalue weighted by molar-refractivity contribution is 5.89. The minimum Gasteiger partial charge on any atom is -0.481 e. The highest BCUT2D eigenvalue weighted by Gasteiger charge is 2.49. The van der Waals surface area contributed by atoms with Gasteiger partial charge in [0.05, 0.1) is 11.8 Å². The molecule has 96 valence electrons. The van der Waals surface area contributed by atoms with Crippen molar-refractivity contribution in [3.05, 3.63) is 30.1 Å². The van der Waals surface area contributed by atoms with E-state index < -0.39 is 11.9 Å². The third kappa shape index (κ3) is 2.85. The molecule has 0 aliphatic heterocycles. The number of aliphatic carboxylic acids is 1. The fourth-order valence-corrected chi connectivity index (χ4v) is 1.96. The van der Waals surface area contributed by atoms with Crippen molar-refractivity contribution in [2.24, 2.45) is 11.8 Å². The number of carboxylic acids is 1. The topological polar surface area (TPSA) is 70.5 Å². The number of hydrogen-bond acceptors (Lipinski definition) is 3. The van der Waals surface area contributed by atoms with Gasteiger partial charge in [-0.05, 0) is 18.6 Å². The van der Waals surface area contributed by atoms with Crippen molar-refractivity contribution in [2.75, 3.05) is 13.6 Å². The smallest absolute Gasteiger partial charge is 0.307 e. The number of nitrogens with zero attached hydrogens (tertiary/aromatic N) is 2. The second kappa shape index (κ2) is 5.16. The lowest BCUT2D eigenvalue weighted by Gasteiger charge is -2.16. The molecule has 1 heterocycles. The van der Waals surface area contributed by atoms with Crippen LogP contribution in [0.15, 0.2) is 24.4 Å². The van der Waals surface area contributed by atoms with Gasteiger partial charge in [-0.25, -0.2) is 0 Å². The molecule has 1 fully saturated rings. The van der Waals surface area contributed by atoms with Gasteiger partial charge in [0.25, 0.3) is 0 Å². The molecule has 0 radical (unpaired) electrons. The molecule has 5 heteroatoms. The largest absolute Gasteiger partial charge is 0.481 e. The predicted octanol–water partition coefficient (Wildman–Crippen LogP) is 0.803. The number of carboxylic acid groups (broad SMARTS) is 1. The second-order valence-electron chi connectivity index (χ2n) is 4.62. The highest BCUT2D eigenvalue weighted by atomic mass is 16.4. The van der Waals surface area contributed by atoms with E-state index in [-0.39, 0.29) is 11.8 Å². The average Bonchev–Trinajstić information content (AvgIpc) is 3.16. The first-order valence-corrected chi connectivity index (χ1v) is 5.97. The van der Waals surface area contributed by atoms with Crippen molar-refractivity contribution in [2.45, 2.75) is 12.8 Å². The quantitative estimate of drug-likeness (QED) is 0.836. The minimum absolute atomic E-state index is 0.0710. The number of carbonyl (C=O) groups is 2. The number of aromatic nitrogens is 1. The van der Waals surface area contributed by atoms with Gasteiger partial charge in [-0.15, -0.1) is 0 Å². The normalized spacial score (nSPS) is 21.4. The maximum absolute atomic E-state index is 11.9. The molecule has 0 saturated heterocycles. The van der Waals surface area contributed by atoms with Crippen LogP contribution in [-0.4, -0.2) is 40.5 Å². The third-order valence-electron chi connectivity index (χ3n) is 3.23. The zero-order valence-electron chi connectivity index (χ0n) is 10.2. The van der Waals surface area contributed by atoms with Crippen LogP contribution in [0.2, 0.25) is 0 Å². The molecule has 0 aromatic carbocycles. The van der Waals surface area contributed by atoms with Crippen LogP contribution in [-0.2, 0) is 16.0 Å². The molecule has 0 spiro atoms. The van der Waals surface area contributed by atoms with Crippen LogP contribution >= 0.6 is 0 Å². The second-order valence-corrected chi connectivity index (χ2v) is 4.62. The van der Waals surface area contributed by atoms with Crippen molar-refractivity contribution in [3.8, 4) is 0 Å². The first-order valence-electron chi connectivity index (χ1n) is 5.97. The number of rotatable bonds is 5.